The van der Waals surface area contributed by atoms with Crippen LogP contribution in [0, 0.1) is 24.0 Å². The zero-order valence-corrected chi connectivity index (χ0v) is 21.8. The lowest BCUT2D eigenvalue weighted by Crippen LogP contribution is -2.53. The molecule has 0 N–H and O–H groups in total. The first-order chi connectivity index (χ1) is 18.7. The highest BCUT2D eigenvalue weighted by molar-refractivity contribution is 7.89. The van der Waals surface area contributed by atoms with Crippen molar-refractivity contribution in [3.8, 4) is 5.69 Å². The van der Waals surface area contributed by atoms with E-state index in [1.54, 1.807) is 54.2 Å². The minimum atomic E-state index is -4.23. The lowest BCUT2D eigenvalue weighted by Gasteiger charge is -2.44. The Balaban J connectivity index is 1.45. The number of pyridine rings is 1. The summed E-state index contributed by atoms with van der Waals surface area (Å²) in [6.07, 6.45) is 5.50. The number of sulfonamides is 1. The number of Topliss-reactive ketones (excluding diaryl/α,β-unsaturated/α-hetero) is 1. The second-order valence-corrected chi connectivity index (χ2v) is 11.8. The van der Waals surface area contributed by atoms with Crippen LogP contribution in [0.3, 0.4) is 0 Å². The van der Waals surface area contributed by atoms with Crippen molar-refractivity contribution in [2.24, 2.45) is 5.41 Å². The Bertz CT molecular complexity index is 1730. The molecule has 39 heavy (non-hydrogen) atoms. The molecular weight excluding hydrogens is 522 g/mol. The number of hydrogen-bond donors (Lipinski definition) is 0. The van der Waals surface area contributed by atoms with Crippen LogP contribution in [-0.4, -0.2) is 46.4 Å². The largest absolute Gasteiger partial charge is 0.291 e. The van der Waals surface area contributed by atoms with E-state index in [1.807, 2.05) is 6.08 Å². The number of ketones is 1. The lowest BCUT2D eigenvalue weighted by molar-refractivity contribution is 0.0770. The van der Waals surface area contributed by atoms with Crippen molar-refractivity contribution in [3.63, 3.8) is 0 Å². The van der Waals surface area contributed by atoms with Gasteiger partial charge in [0.2, 0.25) is 10.0 Å². The molecule has 2 aromatic heterocycles. The first-order valence-electron chi connectivity index (χ1n) is 12.5. The number of benzene rings is 2. The number of aryl methyl sites for hydroxylation is 1. The Morgan fingerprint density at radius 1 is 1.05 bits per heavy atom. The number of nitrogens with zero attached hydrogens (tertiary/aromatic N) is 4. The van der Waals surface area contributed by atoms with Gasteiger partial charge >= 0.3 is 0 Å². The van der Waals surface area contributed by atoms with Crippen LogP contribution in [0.5, 0.6) is 0 Å². The molecular formula is C29H24F2N4O3S. The maximum Gasteiger partial charge on any atom is 0.246 e. The Morgan fingerprint density at radius 3 is 2.56 bits per heavy atom. The van der Waals surface area contributed by atoms with Crippen LogP contribution in [0.4, 0.5) is 8.78 Å². The minimum Gasteiger partial charge on any atom is -0.291 e. The van der Waals surface area contributed by atoms with Crippen molar-refractivity contribution in [2.75, 3.05) is 13.1 Å². The maximum atomic E-state index is 14.8. The Labute approximate surface area is 224 Å². The molecule has 0 saturated carbocycles. The van der Waals surface area contributed by atoms with Crippen LogP contribution in [0.15, 0.2) is 83.5 Å². The van der Waals surface area contributed by atoms with Crippen molar-refractivity contribution >= 4 is 21.9 Å². The molecule has 6 rings (SSSR count). The average Bonchev–Trinajstić information content (AvgIpc) is 3.34. The molecule has 2 aromatic carbocycles. The van der Waals surface area contributed by atoms with Crippen molar-refractivity contribution in [3.05, 3.63) is 113 Å². The van der Waals surface area contributed by atoms with E-state index < -0.39 is 26.2 Å². The van der Waals surface area contributed by atoms with E-state index >= 15 is 0 Å². The van der Waals surface area contributed by atoms with Gasteiger partial charge in [0.25, 0.3) is 0 Å². The highest BCUT2D eigenvalue weighted by atomic mass is 32.2. The van der Waals surface area contributed by atoms with Crippen LogP contribution in [0.2, 0.25) is 0 Å². The van der Waals surface area contributed by atoms with Gasteiger partial charge in [0.1, 0.15) is 22.2 Å². The summed E-state index contributed by atoms with van der Waals surface area (Å²) >= 11 is 0. The summed E-state index contributed by atoms with van der Waals surface area (Å²) in [6.45, 7) is 1.60. The maximum absolute atomic E-state index is 14.8. The van der Waals surface area contributed by atoms with Crippen LogP contribution in [-0.2, 0) is 16.4 Å². The molecule has 0 spiro atoms. The van der Waals surface area contributed by atoms with Crippen LogP contribution >= 0.6 is 0 Å². The molecule has 1 aliphatic carbocycles. The van der Waals surface area contributed by atoms with E-state index in [1.165, 1.54) is 34.8 Å². The van der Waals surface area contributed by atoms with Crippen LogP contribution < -0.4 is 0 Å². The predicted molar refractivity (Wildman–Crippen MR) is 141 cm³/mol. The van der Waals surface area contributed by atoms with Gasteiger partial charge in [-0.25, -0.2) is 21.9 Å². The molecule has 0 radical (unpaired) electrons. The monoisotopic (exact) mass is 546 g/mol. The molecule has 198 valence electrons. The molecule has 1 fully saturated rings. The third-order valence-corrected chi connectivity index (χ3v) is 9.37. The van der Waals surface area contributed by atoms with Crippen molar-refractivity contribution < 1.29 is 22.0 Å². The van der Waals surface area contributed by atoms with Gasteiger partial charge in [0, 0.05) is 19.3 Å². The lowest BCUT2D eigenvalue weighted by atomic mass is 9.65. The fourth-order valence-corrected chi connectivity index (χ4v) is 7.05. The molecule has 0 unspecified atom stereocenters. The predicted octanol–water partition coefficient (Wildman–Crippen LogP) is 4.76. The van der Waals surface area contributed by atoms with E-state index in [-0.39, 0.29) is 43.2 Å². The summed E-state index contributed by atoms with van der Waals surface area (Å²) in [6, 6.07) is 15.0. The summed E-state index contributed by atoms with van der Waals surface area (Å²) in [5.41, 5.74) is 2.49. The fourth-order valence-electron chi connectivity index (χ4n) is 5.51. The number of rotatable bonds is 5. The summed E-state index contributed by atoms with van der Waals surface area (Å²) in [4.78, 5) is 18.0. The summed E-state index contributed by atoms with van der Waals surface area (Å²) in [7, 11) is -4.23. The molecule has 1 aliphatic heterocycles. The number of piperidine rings is 1. The molecule has 1 saturated heterocycles. The normalized spacial score (nSPS) is 19.2. The number of halogens is 2. The molecule has 4 aromatic rings. The van der Waals surface area contributed by atoms with E-state index in [0.717, 1.165) is 16.8 Å². The van der Waals surface area contributed by atoms with E-state index in [2.05, 4.69) is 10.1 Å². The number of carbonyl (C=O) groups excluding carboxylic acids is 1. The molecule has 2 aliphatic rings. The summed E-state index contributed by atoms with van der Waals surface area (Å²) in [5.74, 6) is -1.50. The topological polar surface area (TPSA) is 85.2 Å². The number of carbonyl (C=O) groups is 1. The highest BCUT2D eigenvalue weighted by Gasteiger charge is 2.51. The van der Waals surface area contributed by atoms with Gasteiger partial charge in [-0.3, -0.25) is 9.78 Å². The zero-order chi connectivity index (χ0) is 27.4. The van der Waals surface area contributed by atoms with Gasteiger partial charge < -0.3 is 0 Å². The molecule has 1 atom stereocenters. The molecule has 0 amide bonds. The van der Waals surface area contributed by atoms with Crippen molar-refractivity contribution in [1.29, 1.82) is 0 Å². The third-order valence-electron chi connectivity index (χ3n) is 7.49. The fraction of sp³-hybridized carbons (Fsp3) is 0.207. The molecule has 3 heterocycles. The van der Waals surface area contributed by atoms with Crippen molar-refractivity contribution in [1.82, 2.24) is 19.1 Å². The van der Waals surface area contributed by atoms with Crippen LogP contribution in [0.1, 0.15) is 33.7 Å². The smallest absolute Gasteiger partial charge is 0.246 e. The SMILES string of the molecule is Cc1ccc(S(=O)(=O)N2CCC3=Cc4c(cnn4-c4ccc(F)cc4)C[C@]3(C(=O)c3ccccn3)C2)c(F)c1. The number of fused-ring (bicyclic) bond motifs is 2. The minimum absolute atomic E-state index is 0.0821. The Morgan fingerprint density at radius 2 is 1.85 bits per heavy atom. The van der Waals surface area contributed by atoms with Gasteiger partial charge in [0.15, 0.2) is 5.78 Å². The Hall–Kier alpha value is -4.02. The Kier molecular flexibility index (Phi) is 6.04. The van der Waals surface area contributed by atoms with Crippen LogP contribution in [0.25, 0.3) is 11.8 Å². The van der Waals surface area contributed by atoms with E-state index in [0.29, 0.717) is 11.3 Å². The second kappa shape index (κ2) is 9.32. The highest BCUT2D eigenvalue weighted by Crippen LogP contribution is 2.47. The zero-order valence-electron chi connectivity index (χ0n) is 21.0. The van der Waals surface area contributed by atoms with Gasteiger partial charge in [-0.15, -0.1) is 0 Å². The quantitative estimate of drug-likeness (QED) is 0.337. The van der Waals surface area contributed by atoms with E-state index in [4.69, 9.17) is 0 Å². The first-order valence-corrected chi connectivity index (χ1v) is 13.9. The number of aromatic nitrogens is 3. The third kappa shape index (κ3) is 4.20. The molecule has 10 heteroatoms. The first kappa shape index (κ1) is 25.3. The van der Waals surface area contributed by atoms with Gasteiger partial charge in [-0.05, 0) is 85.5 Å². The van der Waals surface area contributed by atoms with E-state index in [9.17, 15) is 22.0 Å². The molecule has 0 bridgehead atoms. The average molecular weight is 547 g/mol. The van der Waals surface area contributed by atoms with Crippen molar-refractivity contribution in [2.45, 2.75) is 24.7 Å². The standard InChI is InChI=1S/C29H24F2N4O3S/c1-19-5-10-27(24(31)14-19)39(37,38)34-13-11-21-15-26-20(17-33-35(26)23-8-6-22(30)7-9-23)16-29(21,18-34)28(36)25-4-2-3-12-32-25/h2-10,12,14-15,17H,11,13,16,18H2,1H3/t29-/m0/s1. The van der Waals surface area contributed by atoms with Gasteiger partial charge in [-0.2, -0.15) is 9.40 Å². The summed E-state index contributed by atoms with van der Waals surface area (Å²) < 4.78 is 58.5. The molecule has 7 nitrogen and oxygen atoms in total. The van der Waals surface area contributed by atoms with Gasteiger partial charge in [-0.1, -0.05) is 17.7 Å². The van der Waals surface area contributed by atoms with Gasteiger partial charge in [0.05, 0.1) is 23.0 Å². The second-order valence-electron chi connectivity index (χ2n) is 9.94. The number of hydrogen-bond acceptors (Lipinski definition) is 5. The summed E-state index contributed by atoms with van der Waals surface area (Å²) in [5, 5.41) is 4.50.